The van der Waals surface area contributed by atoms with Crippen LogP contribution >= 0.6 is 0 Å². The van der Waals surface area contributed by atoms with Crippen molar-refractivity contribution in [3.63, 3.8) is 0 Å². The Morgan fingerprint density at radius 3 is 2.19 bits per heavy atom. The molecule has 1 fully saturated rings. The van der Waals surface area contributed by atoms with Gasteiger partial charge >= 0.3 is 0 Å². The summed E-state index contributed by atoms with van der Waals surface area (Å²) in [5.74, 6) is -0.134. The van der Waals surface area contributed by atoms with Crippen molar-refractivity contribution in [2.24, 2.45) is 0 Å². The number of anilines is 2. The molecular weight excluding hydrogens is 446 g/mol. The molecule has 2 aliphatic rings. The number of piperazine rings is 1. The van der Waals surface area contributed by atoms with Crippen LogP contribution in [0.1, 0.15) is 33.7 Å². The number of amides is 1. The summed E-state index contributed by atoms with van der Waals surface area (Å²) in [4.78, 5) is 18.1. The van der Waals surface area contributed by atoms with E-state index in [1.54, 1.807) is 0 Å². The quantitative estimate of drug-likeness (QED) is 0.428. The summed E-state index contributed by atoms with van der Waals surface area (Å²) in [7, 11) is 0. The maximum Gasteiger partial charge on any atom is 0.276 e. The normalized spacial score (nSPS) is 15.6. The molecular formula is C30H31N5O. The number of benzene rings is 3. The van der Waals surface area contributed by atoms with E-state index < -0.39 is 0 Å². The highest BCUT2D eigenvalue weighted by Gasteiger charge is 2.27. The number of para-hydroxylation sites is 1. The van der Waals surface area contributed by atoms with Gasteiger partial charge in [0.25, 0.3) is 5.91 Å². The van der Waals surface area contributed by atoms with Gasteiger partial charge in [-0.15, -0.1) is 0 Å². The third kappa shape index (κ3) is 4.64. The number of fused-ring (bicyclic) bond motifs is 1. The van der Waals surface area contributed by atoms with E-state index in [4.69, 9.17) is 5.10 Å². The highest BCUT2D eigenvalue weighted by Crippen LogP contribution is 2.28. The standard InChI is InChI=1S/C30H31N5O/c36-30(29-27-12-7-13-28(27)35(32-29)26-10-5-2-6-11-26)31-24-14-16-25(17-15-24)34-20-18-33(19-21-34)22-23-8-3-1-4-9-23/h1-6,8-11,14-17H,7,12-13,18-22H2,(H,31,36). The van der Waals surface area contributed by atoms with Gasteiger partial charge in [0.05, 0.1) is 5.69 Å². The third-order valence-electron chi connectivity index (χ3n) is 7.26. The van der Waals surface area contributed by atoms with Crippen molar-refractivity contribution in [2.45, 2.75) is 25.8 Å². The SMILES string of the molecule is O=C(Nc1ccc(N2CCN(Cc3ccccc3)CC2)cc1)c1nn(-c2ccccc2)c2c1CCC2. The molecule has 6 rings (SSSR count). The summed E-state index contributed by atoms with van der Waals surface area (Å²) >= 11 is 0. The number of aromatic nitrogens is 2. The van der Waals surface area contributed by atoms with Crippen molar-refractivity contribution in [1.29, 1.82) is 0 Å². The lowest BCUT2D eigenvalue weighted by Gasteiger charge is -2.36. The Bertz CT molecular complexity index is 1320. The molecule has 182 valence electrons. The number of nitrogens with one attached hydrogen (secondary N) is 1. The molecule has 1 aromatic heterocycles. The largest absolute Gasteiger partial charge is 0.369 e. The third-order valence-corrected chi connectivity index (χ3v) is 7.26. The molecule has 2 heterocycles. The first-order valence-corrected chi connectivity index (χ1v) is 12.8. The van der Waals surface area contributed by atoms with Crippen molar-refractivity contribution in [1.82, 2.24) is 14.7 Å². The summed E-state index contributed by atoms with van der Waals surface area (Å²) in [6, 6.07) is 28.9. The molecule has 4 aromatic rings. The average Bonchev–Trinajstić information content (AvgIpc) is 3.54. The van der Waals surface area contributed by atoms with Crippen LogP contribution in [0.25, 0.3) is 5.69 Å². The van der Waals surface area contributed by atoms with Gasteiger partial charge in [-0.2, -0.15) is 5.10 Å². The Morgan fingerprint density at radius 2 is 1.47 bits per heavy atom. The van der Waals surface area contributed by atoms with Gasteiger partial charge in [-0.3, -0.25) is 9.69 Å². The van der Waals surface area contributed by atoms with Gasteiger partial charge in [0.15, 0.2) is 5.69 Å². The molecule has 0 saturated carbocycles. The van der Waals surface area contributed by atoms with Crippen LogP contribution in [0.3, 0.4) is 0 Å². The van der Waals surface area contributed by atoms with E-state index in [1.165, 1.54) is 11.3 Å². The molecule has 6 nitrogen and oxygen atoms in total. The molecule has 0 unspecified atom stereocenters. The predicted molar refractivity (Wildman–Crippen MR) is 144 cm³/mol. The molecule has 36 heavy (non-hydrogen) atoms. The molecule has 1 N–H and O–H groups in total. The minimum absolute atomic E-state index is 0.134. The summed E-state index contributed by atoms with van der Waals surface area (Å²) < 4.78 is 1.94. The fourth-order valence-electron chi connectivity index (χ4n) is 5.35. The molecule has 3 aromatic carbocycles. The fourth-order valence-corrected chi connectivity index (χ4v) is 5.35. The van der Waals surface area contributed by atoms with E-state index in [2.05, 4.69) is 57.6 Å². The summed E-state index contributed by atoms with van der Waals surface area (Å²) in [6.45, 7) is 5.09. The Morgan fingerprint density at radius 1 is 0.778 bits per heavy atom. The van der Waals surface area contributed by atoms with Crippen LogP contribution in [-0.4, -0.2) is 46.8 Å². The zero-order valence-electron chi connectivity index (χ0n) is 20.4. The lowest BCUT2D eigenvalue weighted by molar-refractivity contribution is 0.102. The molecule has 1 aliphatic carbocycles. The molecule has 0 atom stereocenters. The van der Waals surface area contributed by atoms with Crippen molar-refractivity contribution in [3.8, 4) is 5.69 Å². The van der Waals surface area contributed by atoms with Gasteiger partial charge in [-0.25, -0.2) is 4.68 Å². The second kappa shape index (κ2) is 9.99. The monoisotopic (exact) mass is 477 g/mol. The summed E-state index contributed by atoms with van der Waals surface area (Å²) in [5.41, 5.74) is 7.15. The molecule has 1 saturated heterocycles. The van der Waals surface area contributed by atoms with Gasteiger partial charge in [0, 0.05) is 55.4 Å². The number of carbonyl (C=O) groups is 1. The highest BCUT2D eigenvalue weighted by molar-refractivity contribution is 6.04. The molecule has 1 aliphatic heterocycles. The number of carbonyl (C=O) groups excluding carboxylic acids is 1. The number of hydrogen-bond acceptors (Lipinski definition) is 4. The van der Waals surface area contributed by atoms with E-state index >= 15 is 0 Å². The summed E-state index contributed by atoms with van der Waals surface area (Å²) in [5, 5.41) is 7.79. The van der Waals surface area contributed by atoms with Crippen LogP contribution in [-0.2, 0) is 19.4 Å². The Kier molecular flexibility index (Phi) is 6.26. The second-order valence-corrected chi connectivity index (χ2v) is 9.62. The number of rotatable bonds is 6. The Labute approximate surface area is 212 Å². The van der Waals surface area contributed by atoms with Crippen LogP contribution in [0, 0.1) is 0 Å². The van der Waals surface area contributed by atoms with E-state index in [9.17, 15) is 4.79 Å². The number of hydrogen-bond donors (Lipinski definition) is 1. The first kappa shape index (κ1) is 22.6. The van der Waals surface area contributed by atoms with E-state index in [1.807, 2.05) is 47.1 Å². The fraction of sp³-hybridized carbons (Fsp3) is 0.267. The minimum atomic E-state index is -0.134. The highest BCUT2D eigenvalue weighted by atomic mass is 16.2. The first-order valence-electron chi connectivity index (χ1n) is 12.8. The van der Waals surface area contributed by atoms with E-state index in [0.29, 0.717) is 5.69 Å². The van der Waals surface area contributed by atoms with Gasteiger partial charge in [-0.05, 0) is 61.2 Å². The zero-order valence-corrected chi connectivity index (χ0v) is 20.4. The van der Waals surface area contributed by atoms with Crippen molar-refractivity contribution < 1.29 is 4.79 Å². The molecule has 0 radical (unpaired) electrons. The lowest BCUT2D eigenvalue weighted by Crippen LogP contribution is -2.45. The average molecular weight is 478 g/mol. The van der Waals surface area contributed by atoms with Crippen LogP contribution in [0.2, 0.25) is 0 Å². The van der Waals surface area contributed by atoms with Crippen molar-refractivity contribution in [3.05, 3.63) is 107 Å². The van der Waals surface area contributed by atoms with Gasteiger partial charge < -0.3 is 10.2 Å². The lowest BCUT2D eigenvalue weighted by atomic mass is 10.1. The Hall–Kier alpha value is -3.90. The molecule has 0 bridgehead atoms. The second-order valence-electron chi connectivity index (χ2n) is 9.62. The van der Waals surface area contributed by atoms with E-state index in [0.717, 1.165) is 74.6 Å². The van der Waals surface area contributed by atoms with Crippen LogP contribution in [0.4, 0.5) is 11.4 Å². The van der Waals surface area contributed by atoms with Gasteiger partial charge in [-0.1, -0.05) is 48.5 Å². The van der Waals surface area contributed by atoms with Crippen molar-refractivity contribution >= 4 is 17.3 Å². The van der Waals surface area contributed by atoms with Crippen molar-refractivity contribution in [2.75, 3.05) is 36.4 Å². The summed E-state index contributed by atoms with van der Waals surface area (Å²) in [6.07, 6.45) is 2.92. The molecule has 1 amide bonds. The Balaban J connectivity index is 1.09. The van der Waals surface area contributed by atoms with Gasteiger partial charge in [0.2, 0.25) is 0 Å². The number of nitrogens with zero attached hydrogens (tertiary/aromatic N) is 4. The van der Waals surface area contributed by atoms with Crippen LogP contribution in [0.5, 0.6) is 0 Å². The molecule has 0 spiro atoms. The smallest absolute Gasteiger partial charge is 0.276 e. The predicted octanol–water partition coefficient (Wildman–Crippen LogP) is 4.94. The van der Waals surface area contributed by atoms with Crippen LogP contribution in [0.15, 0.2) is 84.9 Å². The topological polar surface area (TPSA) is 53.4 Å². The van der Waals surface area contributed by atoms with Crippen LogP contribution < -0.4 is 10.2 Å². The van der Waals surface area contributed by atoms with E-state index in [-0.39, 0.29) is 5.91 Å². The first-order chi connectivity index (χ1) is 17.7. The minimum Gasteiger partial charge on any atom is -0.369 e. The maximum atomic E-state index is 13.2. The maximum absolute atomic E-state index is 13.2. The zero-order chi connectivity index (χ0) is 24.3. The van der Waals surface area contributed by atoms with Gasteiger partial charge in [0.1, 0.15) is 0 Å². The molecule has 6 heteroatoms.